The number of aryl methyl sites for hydroxylation is 1. The maximum absolute atomic E-state index is 12.2. The molecule has 0 radical (unpaired) electrons. The van der Waals surface area contributed by atoms with Gasteiger partial charge in [-0.05, 0) is 36.6 Å². The number of amides is 1. The summed E-state index contributed by atoms with van der Waals surface area (Å²) >= 11 is 0. The Morgan fingerprint density at radius 3 is 2.67 bits per heavy atom. The number of unbranched alkanes of at least 4 members (excludes halogenated alkanes) is 1. The first-order valence-corrected chi connectivity index (χ1v) is 10.4. The van der Waals surface area contributed by atoms with Gasteiger partial charge in [-0.15, -0.1) is 0 Å². The minimum atomic E-state index is -4.54. The summed E-state index contributed by atoms with van der Waals surface area (Å²) in [4.78, 5) is 31.6. The number of carboxylic acids is 1. The van der Waals surface area contributed by atoms with E-state index in [1.807, 2.05) is 12.3 Å². The smallest absolute Gasteiger partial charge is 0.409 e. The van der Waals surface area contributed by atoms with Crippen LogP contribution in [-0.4, -0.2) is 44.2 Å². The number of fused-ring (bicyclic) bond motifs is 1. The van der Waals surface area contributed by atoms with Crippen LogP contribution < -0.4 is 5.32 Å². The van der Waals surface area contributed by atoms with Crippen LogP contribution in [0.5, 0.6) is 0 Å². The number of rotatable bonds is 9. The van der Waals surface area contributed by atoms with Crippen molar-refractivity contribution in [3.8, 4) is 11.4 Å². The molecule has 0 aliphatic carbocycles. The molecule has 0 aliphatic rings. The fourth-order valence-electron chi connectivity index (χ4n) is 3.37. The fraction of sp³-hybridized carbons (Fsp3) is 0.304. The van der Waals surface area contributed by atoms with E-state index in [0.717, 1.165) is 35.9 Å². The SMILES string of the molecule is CCCCn1cc(CCNC(=O)/C=C/C(F)(F)F)c2cc(-c3cc(C(=O)O)ccn3)ncc21. The minimum absolute atomic E-state index is 0.0947. The molecular weight excluding hydrogens is 437 g/mol. The highest BCUT2D eigenvalue weighted by Crippen LogP contribution is 2.26. The summed E-state index contributed by atoms with van der Waals surface area (Å²) < 4.78 is 38.7. The van der Waals surface area contributed by atoms with E-state index in [0.29, 0.717) is 23.9 Å². The van der Waals surface area contributed by atoms with Crippen LogP contribution in [0, 0.1) is 0 Å². The van der Waals surface area contributed by atoms with Gasteiger partial charge in [-0.3, -0.25) is 14.8 Å². The lowest BCUT2D eigenvalue weighted by Crippen LogP contribution is -2.24. The average molecular weight is 460 g/mol. The molecule has 33 heavy (non-hydrogen) atoms. The van der Waals surface area contributed by atoms with Gasteiger partial charge < -0.3 is 15.0 Å². The number of carbonyl (C=O) groups excluding carboxylic acids is 1. The summed E-state index contributed by atoms with van der Waals surface area (Å²) in [5, 5.41) is 12.5. The number of aromatic nitrogens is 3. The number of carbonyl (C=O) groups is 2. The molecule has 0 aliphatic heterocycles. The van der Waals surface area contributed by atoms with Crippen LogP contribution in [0.3, 0.4) is 0 Å². The molecule has 3 aromatic heterocycles. The van der Waals surface area contributed by atoms with Gasteiger partial charge in [-0.2, -0.15) is 13.2 Å². The maximum Gasteiger partial charge on any atom is 0.409 e. The van der Waals surface area contributed by atoms with E-state index >= 15 is 0 Å². The van der Waals surface area contributed by atoms with Crippen LogP contribution in [0.25, 0.3) is 22.3 Å². The number of alkyl halides is 3. The Kier molecular flexibility index (Phi) is 7.47. The second-order valence-corrected chi connectivity index (χ2v) is 7.44. The van der Waals surface area contributed by atoms with Crippen molar-refractivity contribution in [2.75, 3.05) is 6.54 Å². The van der Waals surface area contributed by atoms with Gasteiger partial charge in [0.2, 0.25) is 5.91 Å². The van der Waals surface area contributed by atoms with Crippen molar-refractivity contribution in [3.05, 3.63) is 60.1 Å². The largest absolute Gasteiger partial charge is 0.478 e. The van der Waals surface area contributed by atoms with Crippen LogP contribution in [0.2, 0.25) is 0 Å². The van der Waals surface area contributed by atoms with Gasteiger partial charge in [0.15, 0.2) is 0 Å². The summed E-state index contributed by atoms with van der Waals surface area (Å²) in [6.07, 6.45) is 3.21. The molecule has 0 spiro atoms. The molecule has 174 valence electrons. The molecule has 3 heterocycles. The van der Waals surface area contributed by atoms with Gasteiger partial charge >= 0.3 is 12.1 Å². The molecule has 3 aromatic rings. The summed E-state index contributed by atoms with van der Waals surface area (Å²) in [7, 11) is 0. The van der Waals surface area contributed by atoms with Gasteiger partial charge in [0.1, 0.15) is 0 Å². The molecule has 0 aromatic carbocycles. The van der Waals surface area contributed by atoms with Crippen molar-refractivity contribution in [1.82, 2.24) is 19.9 Å². The number of pyridine rings is 2. The Bertz CT molecular complexity index is 1190. The monoisotopic (exact) mass is 460 g/mol. The van der Waals surface area contributed by atoms with E-state index in [-0.39, 0.29) is 18.2 Å². The lowest BCUT2D eigenvalue weighted by Gasteiger charge is -2.05. The summed E-state index contributed by atoms with van der Waals surface area (Å²) in [6, 6.07) is 4.65. The first-order chi connectivity index (χ1) is 15.7. The topological polar surface area (TPSA) is 97.1 Å². The average Bonchev–Trinajstić information content (AvgIpc) is 3.12. The molecule has 0 bridgehead atoms. The van der Waals surface area contributed by atoms with E-state index in [9.17, 15) is 27.9 Å². The fourth-order valence-corrected chi connectivity index (χ4v) is 3.37. The van der Waals surface area contributed by atoms with E-state index < -0.39 is 18.1 Å². The third kappa shape index (κ3) is 6.41. The number of hydrogen-bond donors (Lipinski definition) is 2. The van der Waals surface area contributed by atoms with E-state index in [4.69, 9.17) is 0 Å². The first kappa shape index (κ1) is 24.0. The molecule has 0 fully saturated rings. The Hall–Kier alpha value is -3.69. The van der Waals surface area contributed by atoms with Crippen LogP contribution >= 0.6 is 0 Å². The van der Waals surface area contributed by atoms with E-state index in [2.05, 4.69) is 26.8 Å². The lowest BCUT2D eigenvalue weighted by atomic mass is 10.1. The highest BCUT2D eigenvalue weighted by Gasteiger charge is 2.22. The second-order valence-electron chi connectivity index (χ2n) is 7.44. The molecule has 0 saturated carbocycles. The van der Waals surface area contributed by atoms with Gasteiger partial charge in [-0.1, -0.05) is 13.3 Å². The Balaban J connectivity index is 1.87. The molecule has 3 rings (SSSR count). The van der Waals surface area contributed by atoms with E-state index in [1.54, 1.807) is 6.20 Å². The van der Waals surface area contributed by atoms with E-state index in [1.165, 1.54) is 18.3 Å². The maximum atomic E-state index is 12.2. The quantitative estimate of drug-likeness (QED) is 0.462. The van der Waals surface area contributed by atoms with Crippen molar-refractivity contribution in [2.24, 2.45) is 0 Å². The normalized spacial score (nSPS) is 11.9. The van der Waals surface area contributed by atoms with Crippen molar-refractivity contribution in [1.29, 1.82) is 0 Å². The lowest BCUT2D eigenvalue weighted by molar-refractivity contribution is -0.117. The number of nitrogens with one attached hydrogen (secondary N) is 1. The molecule has 7 nitrogen and oxygen atoms in total. The molecule has 10 heteroatoms. The standard InChI is InChI=1S/C23H23F3N4O3/c1-2-3-10-30-14-16(6-9-28-21(31)4-7-23(24,25)26)17-12-19(29-13-20(17)30)18-11-15(22(32)33)5-8-27-18/h4-5,7-8,11-14H,2-3,6,9-10H2,1H3,(H,28,31)(H,32,33)/b7-4+. The number of aromatic carboxylic acids is 1. The minimum Gasteiger partial charge on any atom is -0.478 e. The molecular formula is C23H23F3N4O3. The van der Waals surface area contributed by atoms with Gasteiger partial charge in [-0.25, -0.2) is 4.79 Å². The number of allylic oxidation sites excluding steroid dienone is 1. The predicted molar refractivity (Wildman–Crippen MR) is 117 cm³/mol. The van der Waals surface area contributed by atoms with Crippen molar-refractivity contribution in [2.45, 2.75) is 38.9 Å². The Labute approximate surface area is 188 Å². The van der Waals surface area contributed by atoms with Crippen LogP contribution in [0.15, 0.2) is 48.9 Å². The number of hydrogen-bond acceptors (Lipinski definition) is 4. The third-order valence-electron chi connectivity index (χ3n) is 4.99. The Morgan fingerprint density at radius 2 is 1.97 bits per heavy atom. The van der Waals surface area contributed by atoms with Gasteiger partial charge in [0, 0.05) is 43.0 Å². The molecule has 1 amide bonds. The van der Waals surface area contributed by atoms with Crippen LogP contribution in [-0.2, 0) is 17.8 Å². The van der Waals surface area contributed by atoms with Gasteiger partial charge in [0.25, 0.3) is 0 Å². The van der Waals surface area contributed by atoms with Crippen LogP contribution in [0.4, 0.5) is 13.2 Å². The summed E-state index contributed by atoms with van der Waals surface area (Å²) in [5.74, 6) is -1.89. The predicted octanol–water partition coefficient (Wildman–Crippen LogP) is 4.37. The second kappa shape index (κ2) is 10.3. The molecule has 0 unspecified atom stereocenters. The first-order valence-electron chi connectivity index (χ1n) is 10.4. The third-order valence-corrected chi connectivity index (χ3v) is 4.99. The molecule has 2 N–H and O–H groups in total. The Morgan fingerprint density at radius 1 is 1.21 bits per heavy atom. The zero-order valence-electron chi connectivity index (χ0n) is 17.9. The number of halogens is 3. The number of carboxylic acid groups (broad SMARTS) is 1. The van der Waals surface area contributed by atoms with Gasteiger partial charge in [0.05, 0.1) is 28.7 Å². The summed E-state index contributed by atoms with van der Waals surface area (Å²) in [6.45, 7) is 2.99. The number of nitrogens with zero attached hydrogens (tertiary/aromatic N) is 3. The van der Waals surface area contributed by atoms with Crippen molar-refractivity contribution < 1.29 is 27.9 Å². The summed E-state index contributed by atoms with van der Waals surface area (Å²) in [5.41, 5.74) is 2.77. The zero-order valence-corrected chi connectivity index (χ0v) is 17.9. The molecule has 0 atom stereocenters. The van der Waals surface area contributed by atoms with Crippen LogP contribution in [0.1, 0.15) is 35.7 Å². The zero-order chi connectivity index (χ0) is 24.0. The molecule has 0 saturated heterocycles. The highest BCUT2D eigenvalue weighted by molar-refractivity contribution is 5.90. The van der Waals surface area contributed by atoms with Crippen molar-refractivity contribution in [3.63, 3.8) is 0 Å². The highest BCUT2D eigenvalue weighted by atomic mass is 19.4. The van der Waals surface area contributed by atoms with Crippen molar-refractivity contribution >= 4 is 22.8 Å².